The Bertz CT molecular complexity index is 691. The SMILES string of the molecule is O=C(CO)Cc1ccc(CCCCc2ccccc2C(F)(F)F)cc1. The summed E-state index contributed by atoms with van der Waals surface area (Å²) in [5.41, 5.74) is 1.73. The van der Waals surface area contributed by atoms with Crippen molar-refractivity contribution in [1.82, 2.24) is 0 Å². The van der Waals surface area contributed by atoms with Crippen molar-refractivity contribution in [2.75, 3.05) is 6.61 Å². The minimum Gasteiger partial charge on any atom is -0.389 e. The number of unbranched alkanes of at least 4 members (excludes halogenated alkanes) is 1. The molecular weight excluding hydrogens is 329 g/mol. The van der Waals surface area contributed by atoms with Gasteiger partial charge >= 0.3 is 6.18 Å². The molecule has 0 heterocycles. The van der Waals surface area contributed by atoms with E-state index in [1.54, 1.807) is 6.07 Å². The molecule has 0 amide bonds. The summed E-state index contributed by atoms with van der Waals surface area (Å²) in [6.45, 7) is -0.457. The third kappa shape index (κ3) is 6.02. The van der Waals surface area contributed by atoms with Gasteiger partial charge in [-0.1, -0.05) is 42.5 Å². The first-order chi connectivity index (χ1) is 11.9. The van der Waals surface area contributed by atoms with E-state index in [1.165, 1.54) is 12.1 Å². The summed E-state index contributed by atoms with van der Waals surface area (Å²) in [6.07, 6.45) is -1.44. The van der Waals surface area contributed by atoms with Crippen LogP contribution in [0.5, 0.6) is 0 Å². The van der Waals surface area contributed by atoms with Gasteiger partial charge in [0.25, 0.3) is 0 Å². The molecule has 0 aromatic heterocycles. The maximum Gasteiger partial charge on any atom is 0.416 e. The van der Waals surface area contributed by atoms with Gasteiger partial charge in [-0.3, -0.25) is 4.79 Å². The molecule has 134 valence electrons. The predicted octanol–water partition coefficient (Wildman–Crippen LogP) is 4.37. The molecule has 5 heteroatoms. The lowest BCUT2D eigenvalue weighted by Gasteiger charge is -2.12. The maximum absolute atomic E-state index is 12.9. The second-order valence-corrected chi connectivity index (χ2v) is 6.05. The van der Waals surface area contributed by atoms with Gasteiger partial charge in [-0.25, -0.2) is 0 Å². The fraction of sp³-hybridized carbons (Fsp3) is 0.350. The van der Waals surface area contributed by atoms with Crippen LogP contribution in [0.25, 0.3) is 0 Å². The fourth-order valence-electron chi connectivity index (χ4n) is 2.77. The minimum atomic E-state index is -4.31. The molecule has 0 fully saturated rings. The molecule has 0 spiro atoms. The number of carbonyl (C=O) groups is 1. The van der Waals surface area contributed by atoms with Crippen LogP contribution in [0.2, 0.25) is 0 Å². The Balaban J connectivity index is 1.83. The highest BCUT2D eigenvalue weighted by atomic mass is 19.4. The highest BCUT2D eigenvalue weighted by molar-refractivity contribution is 5.81. The first-order valence-corrected chi connectivity index (χ1v) is 8.25. The fourth-order valence-corrected chi connectivity index (χ4v) is 2.77. The standard InChI is InChI=1S/C20H21F3O2/c21-20(22,23)19-8-4-3-7-17(19)6-2-1-5-15-9-11-16(12-10-15)13-18(25)14-24/h3-4,7-12,24H,1-2,5-6,13-14H2. The highest BCUT2D eigenvalue weighted by Crippen LogP contribution is 2.32. The number of rotatable bonds is 8. The largest absolute Gasteiger partial charge is 0.416 e. The van der Waals surface area contributed by atoms with Crippen molar-refractivity contribution in [2.45, 2.75) is 38.3 Å². The van der Waals surface area contributed by atoms with Crippen LogP contribution in [-0.2, 0) is 30.2 Å². The number of aliphatic hydroxyl groups excluding tert-OH is 1. The van der Waals surface area contributed by atoms with Crippen LogP contribution in [0.4, 0.5) is 13.2 Å². The van der Waals surface area contributed by atoms with Gasteiger partial charge in [0, 0.05) is 6.42 Å². The van der Waals surface area contributed by atoms with Crippen LogP contribution < -0.4 is 0 Å². The topological polar surface area (TPSA) is 37.3 Å². The van der Waals surface area contributed by atoms with Gasteiger partial charge in [-0.2, -0.15) is 13.2 Å². The molecule has 0 aliphatic heterocycles. The molecule has 0 saturated carbocycles. The molecular formula is C20H21F3O2. The van der Waals surface area contributed by atoms with E-state index in [9.17, 15) is 18.0 Å². The average Bonchev–Trinajstić information content (AvgIpc) is 2.59. The highest BCUT2D eigenvalue weighted by Gasteiger charge is 2.32. The molecule has 2 rings (SSSR count). The van der Waals surface area contributed by atoms with Crippen molar-refractivity contribution in [1.29, 1.82) is 0 Å². The monoisotopic (exact) mass is 350 g/mol. The van der Waals surface area contributed by atoms with Crippen LogP contribution in [0.3, 0.4) is 0 Å². The Labute approximate surface area is 145 Å². The van der Waals surface area contributed by atoms with E-state index in [-0.39, 0.29) is 12.2 Å². The van der Waals surface area contributed by atoms with Crippen LogP contribution in [-0.4, -0.2) is 17.5 Å². The number of aryl methyl sites for hydroxylation is 2. The third-order valence-corrected chi connectivity index (χ3v) is 4.08. The third-order valence-electron chi connectivity index (χ3n) is 4.08. The second-order valence-electron chi connectivity index (χ2n) is 6.05. The molecule has 2 nitrogen and oxygen atoms in total. The normalized spacial score (nSPS) is 11.5. The van der Waals surface area contributed by atoms with Crippen LogP contribution in [0.1, 0.15) is 35.1 Å². The smallest absolute Gasteiger partial charge is 0.389 e. The molecule has 2 aromatic rings. The van der Waals surface area contributed by atoms with Crippen molar-refractivity contribution in [3.8, 4) is 0 Å². The van der Waals surface area contributed by atoms with Gasteiger partial charge in [0.05, 0.1) is 5.56 Å². The van der Waals surface area contributed by atoms with Gasteiger partial charge in [-0.05, 0) is 48.4 Å². The summed E-state index contributed by atoms with van der Waals surface area (Å²) in [6, 6.07) is 13.3. The van der Waals surface area contributed by atoms with E-state index < -0.39 is 18.3 Å². The van der Waals surface area contributed by atoms with Crippen LogP contribution in [0, 0.1) is 0 Å². The molecule has 2 aromatic carbocycles. The van der Waals surface area contributed by atoms with Crippen LogP contribution >= 0.6 is 0 Å². The predicted molar refractivity (Wildman–Crippen MR) is 90.3 cm³/mol. The molecule has 0 aliphatic carbocycles. The van der Waals surface area contributed by atoms with Gasteiger partial charge in [0.1, 0.15) is 6.61 Å². The van der Waals surface area contributed by atoms with Crippen molar-refractivity contribution in [2.24, 2.45) is 0 Å². The summed E-state index contributed by atoms with van der Waals surface area (Å²) < 4.78 is 38.8. The number of ketones is 1. The Hall–Kier alpha value is -2.14. The first-order valence-electron chi connectivity index (χ1n) is 8.25. The van der Waals surface area contributed by atoms with Crippen molar-refractivity contribution >= 4 is 5.78 Å². The first kappa shape index (κ1) is 19.2. The molecule has 25 heavy (non-hydrogen) atoms. The van der Waals surface area contributed by atoms with Gasteiger partial charge in [-0.15, -0.1) is 0 Å². The van der Waals surface area contributed by atoms with E-state index in [0.29, 0.717) is 18.4 Å². The van der Waals surface area contributed by atoms with E-state index in [0.717, 1.165) is 30.0 Å². The molecule has 0 radical (unpaired) electrons. The maximum atomic E-state index is 12.9. The summed E-state index contributed by atoms with van der Waals surface area (Å²) in [4.78, 5) is 11.2. The lowest BCUT2D eigenvalue weighted by atomic mass is 9.99. The number of hydrogen-bond donors (Lipinski definition) is 1. The molecule has 0 bridgehead atoms. The number of alkyl halides is 3. The van der Waals surface area contributed by atoms with Crippen molar-refractivity contribution < 1.29 is 23.1 Å². The Morgan fingerprint density at radius 3 is 2.12 bits per heavy atom. The Kier molecular flexibility index (Phi) is 6.76. The number of Topliss-reactive ketones (excluding diaryl/α,β-unsaturated/α-hetero) is 1. The summed E-state index contributed by atoms with van der Waals surface area (Å²) in [5, 5.41) is 8.74. The second kappa shape index (κ2) is 8.81. The van der Waals surface area contributed by atoms with E-state index >= 15 is 0 Å². The zero-order valence-corrected chi connectivity index (χ0v) is 13.9. The summed E-state index contributed by atoms with van der Waals surface area (Å²) in [5.74, 6) is -0.226. The summed E-state index contributed by atoms with van der Waals surface area (Å²) in [7, 11) is 0. The van der Waals surface area contributed by atoms with Crippen molar-refractivity contribution in [3.05, 3.63) is 70.8 Å². The van der Waals surface area contributed by atoms with E-state index in [4.69, 9.17) is 5.11 Å². The van der Waals surface area contributed by atoms with Gasteiger partial charge in [0.15, 0.2) is 5.78 Å². The number of carbonyl (C=O) groups excluding carboxylic acids is 1. The quantitative estimate of drug-likeness (QED) is 0.718. The zero-order valence-electron chi connectivity index (χ0n) is 13.9. The van der Waals surface area contributed by atoms with Crippen LogP contribution in [0.15, 0.2) is 48.5 Å². The number of benzene rings is 2. The van der Waals surface area contributed by atoms with E-state index in [1.807, 2.05) is 24.3 Å². The number of aliphatic hydroxyl groups is 1. The summed E-state index contributed by atoms with van der Waals surface area (Å²) >= 11 is 0. The molecule has 0 unspecified atom stereocenters. The van der Waals surface area contributed by atoms with Gasteiger partial charge in [0.2, 0.25) is 0 Å². The average molecular weight is 350 g/mol. The minimum absolute atomic E-state index is 0.213. The Morgan fingerprint density at radius 2 is 1.48 bits per heavy atom. The van der Waals surface area contributed by atoms with Gasteiger partial charge < -0.3 is 5.11 Å². The Morgan fingerprint density at radius 1 is 0.880 bits per heavy atom. The lowest BCUT2D eigenvalue weighted by molar-refractivity contribution is -0.138. The molecule has 0 saturated heterocycles. The van der Waals surface area contributed by atoms with Crippen molar-refractivity contribution in [3.63, 3.8) is 0 Å². The lowest BCUT2D eigenvalue weighted by Crippen LogP contribution is -2.09. The number of hydrogen-bond acceptors (Lipinski definition) is 2. The molecule has 0 atom stereocenters. The zero-order chi connectivity index (χ0) is 18.3. The molecule has 0 aliphatic rings. The number of halogens is 3. The van der Waals surface area contributed by atoms with E-state index in [2.05, 4.69) is 0 Å². The molecule has 1 N–H and O–H groups in total.